The highest BCUT2D eigenvalue weighted by molar-refractivity contribution is 5.21. The molecule has 9 N–H and O–H groups in total. The van der Waals surface area contributed by atoms with Gasteiger partial charge in [-0.15, -0.1) is 0 Å². The van der Waals surface area contributed by atoms with Gasteiger partial charge in [-0.25, -0.2) is 0 Å². The van der Waals surface area contributed by atoms with Gasteiger partial charge in [-0.2, -0.15) is 0 Å². The highest BCUT2D eigenvalue weighted by Crippen LogP contribution is 2.76. The molecule has 324 valence electrons. The van der Waals surface area contributed by atoms with Crippen molar-refractivity contribution in [3.8, 4) is 0 Å². The van der Waals surface area contributed by atoms with Crippen LogP contribution in [0.3, 0.4) is 0 Å². The van der Waals surface area contributed by atoms with Crippen molar-refractivity contribution in [2.45, 2.75) is 204 Å². The normalized spacial score (nSPS) is 56.0. The second kappa shape index (κ2) is 14.8. The third-order valence-corrected chi connectivity index (χ3v) is 17.5. The van der Waals surface area contributed by atoms with Gasteiger partial charge >= 0.3 is 0 Å². The maximum Gasteiger partial charge on any atom is 0.186 e. The zero-order chi connectivity index (χ0) is 41.1. The van der Waals surface area contributed by atoms with E-state index in [0.717, 1.165) is 44.9 Å². The molecule has 14 nitrogen and oxygen atoms in total. The van der Waals surface area contributed by atoms with Gasteiger partial charge in [0.1, 0.15) is 48.8 Å². The van der Waals surface area contributed by atoms with Gasteiger partial charge in [-0.05, 0) is 124 Å². The molecule has 56 heavy (non-hydrogen) atoms. The number of aliphatic hydroxyl groups excluding tert-OH is 8. The fourth-order valence-corrected chi connectivity index (χ4v) is 14.1. The third kappa shape index (κ3) is 6.58. The standard InChI is InChI=1S/C42H72O14/c1-37(2)24-10-15-40(6)25(39(24,5)13-11-26(37)55-36-34(50)32(48)30(46)23(19-44)54-36)17-21(52-35-33(49)31(47)29(45)22(18-43)53-35)28-20(9-14-41(28,40)7)42(8)16-12-27(56-42)38(3,4)51/h20-36,43-51H,9-19H2,1-8H3/t20-,21+,22+,23+,24-,25+,26-,27+,28-,29+,30+,31-,32-,33+,34+,35+,36-,39-,40+,41+,42-/m0/s1. The van der Waals surface area contributed by atoms with E-state index in [9.17, 15) is 46.0 Å². The summed E-state index contributed by atoms with van der Waals surface area (Å²) in [5.41, 5.74) is -2.50. The highest BCUT2D eigenvalue weighted by Gasteiger charge is 2.73. The van der Waals surface area contributed by atoms with E-state index < -0.39 is 97.3 Å². The first-order valence-electron chi connectivity index (χ1n) is 21.3. The van der Waals surface area contributed by atoms with Crippen LogP contribution in [-0.4, -0.2) is 150 Å². The van der Waals surface area contributed by atoms with E-state index in [2.05, 4.69) is 41.5 Å². The molecular formula is C42H72O14. The molecule has 7 fully saturated rings. The number of hydrogen-bond acceptors (Lipinski definition) is 14. The predicted molar refractivity (Wildman–Crippen MR) is 200 cm³/mol. The fourth-order valence-electron chi connectivity index (χ4n) is 14.1. The summed E-state index contributed by atoms with van der Waals surface area (Å²) in [4.78, 5) is 0. The van der Waals surface area contributed by atoms with Gasteiger partial charge in [0.15, 0.2) is 12.6 Å². The summed E-state index contributed by atoms with van der Waals surface area (Å²) in [5, 5.41) is 95.3. The van der Waals surface area contributed by atoms with Gasteiger partial charge < -0.3 is 69.6 Å². The molecular weight excluding hydrogens is 728 g/mol. The Morgan fingerprint density at radius 2 is 1.18 bits per heavy atom. The zero-order valence-corrected chi connectivity index (χ0v) is 34.7. The van der Waals surface area contributed by atoms with Crippen LogP contribution >= 0.6 is 0 Å². The minimum Gasteiger partial charge on any atom is -0.394 e. The summed E-state index contributed by atoms with van der Waals surface area (Å²) >= 11 is 0. The zero-order valence-electron chi connectivity index (χ0n) is 34.7. The Morgan fingerprint density at radius 1 is 0.625 bits per heavy atom. The highest BCUT2D eigenvalue weighted by atomic mass is 16.7. The summed E-state index contributed by atoms with van der Waals surface area (Å²) < 4.78 is 32.2. The molecule has 0 spiro atoms. The van der Waals surface area contributed by atoms with Crippen LogP contribution in [0.2, 0.25) is 0 Å². The average molecular weight is 801 g/mol. The van der Waals surface area contributed by atoms with Crippen LogP contribution < -0.4 is 0 Å². The fraction of sp³-hybridized carbons (Fsp3) is 1.00. The molecule has 4 aliphatic carbocycles. The lowest BCUT2D eigenvalue weighted by molar-refractivity contribution is -0.342. The summed E-state index contributed by atoms with van der Waals surface area (Å²) in [6.07, 6.45) is -7.50. The molecule has 0 aromatic carbocycles. The van der Waals surface area contributed by atoms with Gasteiger partial charge in [0.2, 0.25) is 0 Å². The lowest BCUT2D eigenvalue weighted by Gasteiger charge is -2.71. The molecule has 21 atom stereocenters. The summed E-state index contributed by atoms with van der Waals surface area (Å²) in [6, 6.07) is 0. The molecule has 0 aromatic heterocycles. The summed E-state index contributed by atoms with van der Waals surface area (Å²) in [6.45, 7) is 16.3. The number of hydrogen-bond donors (Lipinski definition) is 9. The van der Waals surface area contributed by atoms with Crippen molar-refractivity contribution in [3.63, 3.8) is 0 Å². The van der Waals surface area contributed by atoms with E-state index >= 15 is 0 Å². The van der Waals surface area contributed by atoms with Crippen LogP contribution in [-0.2, 0) is 23.7 Å². The van der Waals surface area contributed by atoms with Gasteiger partial charge in [0, 0.05) is 0 Å². The van der Waals surface area contributed by atoms with Gasteiger partial charge in [-0.1, -0.05) is 34.6 Å². The number of ether oxygens (including phenoxy) is 5. The maximum atomic E-state index is 11.3. The molecule has 3 aliphatic heterocycles. The first-order chi connectivity index (χ1) is 26.0. The lowest BCUT2D eigenvalue weighted by Crippen LogP contribution is -2.68. The van der Waals surface area contributed by atoms with E-state index in [0.29, 0.717) is 12.8 Å². The Morgan fingerprint density at radius 3 is 1.71 bits per heavy atom. The minimum atomic E-state index is -1.56. The van der Waals surface area contributed by atoms with Crippen LogP contribution in [0, 0.1) is 45.3 Å². The maximum absolute atomic E-state index is 11.3. The van der Waals surface area contributed by atoms with Crippen LogP contribution in [0.15, 0.2) is 0 Å². The Labute approximate surface area is 331 Å². The molecule has 7 aliphatic rings. The van der Waals surface area contributed by atoms with Crippen molar-refractivity contribution in [1.29, 1.82) is 0 Å². The van der Waals surface area contributed by atoms with Gasteiger partial charge in [-0.3, -0.25) is 0 Å². The quantitative estimate of drug-likeness (QED) is 0.158. The van der Waals surface area contributed by atoms with E-state index in [1.165, 1.54) is 0 Å². The van der Waals surface area contributed by atoms with E-state index in [4.69, 9.17) is 23.7 Å². The largest absolute Gasteiger partial charge is 0.394 e. The third-order valence-electron chi connectivity index (χ3n) is 17.5. The predicted octanol–water partition coefficient (Wildman–Crippen LogP) is 1.36. The first-order valence-corrected chi connectivity index (χ1v) is 21.3. The summed E-state index contributed by atoms with van der Waals surface area (Å²) in [5.74, 6) is 0.362. The van der Waals surface area contributed by atoms with Gasteiger partial charge in [0.05, 0.1) is 42.7 Å². The number of aliphatic hydroxyl groups is 9. The molecule has 0 aromatic rings. The molecule has 0 radical (unpaired) electrons. The molecule has 0 amide bonds. The van der Waals surface area contributed by atoms with Crippen molar-refractivity contribution in [1.82, 2.24) is 0 Å². The van der Waals surface area contributed by atoms with Gasteiger partial charge in [0.25, 0.3) is 0 Å². The Hall–Kier alpha value is -0.560. The Bertz CT molecular complexity index is 1410. The second-order valence-electron chi connectivity index (χ2n) is 21.1. The summed E-state index contributed by atoms with van der Waals surface area (Å²) in [7, 11) is 0. The Balaban J connectivity index is 1.22. The van der Waals surface area contributed by atoms with E-state index in [1.54, 1.807) is 13.8 Å². The number of fused-ring (bicyclic) bond motifs is 5. The molecule has 4 saturated carbocycles. The van der Waals surface area contributed by atoms with E-state index in [-0.39, 0.29) is 52.1 Å². The van der Waals surface area contributed by atoms with Crippen LogP contribution in [0.25, 0.3) is 0 Å². The molecule has 3 saturated heterocycles. The van der Waals surface area contributed by atoms with Crippen molar-refractivity contribution in [2.24, 2.45) is 45.3 Å². The van der Waals surface area contributed by atoms with Crippen molar-refractivity contribution < 1.29 is 69.6 Å². The van der Waals surface area contributed by atoms with Crippen molar-refractivity contribution in [2.75, 3.05) is 13.2 Å². The molecule has 0 bridgehead atoms. The topological polar surface area (TPSA) is 228 Å². The van der Waals surface area contributed by atoms with Crippen molar-refractivity contribution in [3.05, 3.63) is 0 Å². The van der Waals surface area contributed by atoms with Crippen LogP contribution in [0.5, 0.6) is 0 Å². The molecule has 7 rings (SSSR count). The number of rotatable bonds is 8. The monoisotopic (exact) mass is 800 g/mol. The Kier molecular flexibility index (Phi) is 11.5. The molecule has 3 heterocycles. The van der Waals surface area contributed by atoms with Crippen molar-refractivity contribution >= 4 is 0 Å². The smallest absolute Gasteiger partial charge is 0.186 e. The SMILES string of the molecule is CC(C)(O)[C@H]1CC[C@@](C)([C@H]2CC[C@]3(C)[C@@H]2[C@H](O[C@@H]2O[C@H](CO)[C@@H](O)[C@H](O)[C@H]2O)C[C@@H]2[C@@]4(C)CC[C@H](O[C@@H]5O[C@H](CO)[C@@H](O)[C@H](O)[C@H]5O)C(C)(C)[C@@H]4CC[C@]23C)O1. The lowest BCUT2D eigenvalue weighted by atomic mass is 9.35. The van der Waals surface area contributed by atoms with Crippen LogP contribution in [0.1, 0.15) is 113 Å². The molecule has 0 unspecified atom stereocenters. The minimum absolute atomic E-state index is 0.0271. The second-order valence-corrected chi connectivity index (χ2v) is 21.1. The average Bonchev–Trinajstić information content (AvgIpc) is 3.73. The first kappa shape index (κ1) is 43.5. The van der Waals surface area contributed by atoms with Crippen LogP contribution in [0.4, 0.5) is 0 Å². The molecule has 14 heteroatoms. The van der Waals surface area contributed by atoms with E-state index in [1.807, 2.05) is 0 Å².